The van der Waals surface area contributed by atoms with E-state index in [2.05, 4.69) is 30.4 Å². The van der Waals surface area contributed by atoms with Crippen molar-refractivity contribution in [3.8, 4) is 11.1 Å². The summed E-state index contributed by atoms with van der Waals surface area (Å²) in [5, 5.41) is 4.79. The minimum atomic E-state index is -0.168. The number of aryl methyl sites for hydroxylation is 1. The lowest BCUT2D eigenvalue weighted by atomic mass is 9.94. The van der Waals surface area contributed by atoms with Crippen molar-refractivity contribution < 1.29 is 4.39 Å². The molecule has 0 bridgehead atoms. The first kappa shape index (κ1) is 13.8. The molecule has 0 amide bonds. The Kier molecular flexibility index (Phi) is 3.72. The van der Waals surface area contributed by atoms with Crippen LogP contribution in [0.15, 0.2) is 54.6 Å². The van der Waals surface area contributed by atoms with Crippen LogP contribution in [0.5, 0.6) is 0 Å². The van der Waals surface area contributed by atoms with Crippen LogP contribution in [-0.4, -0.2) is 7.05 Å². The van der Waals surface area contributed by atoms with Crippen LogP contribution in [0.1, 0.15) is 11.1 Å². The third-order valence-corrected chi connectivity index (χ3v) is 3.83. The van der Waals surface area contributed by atoms with Gasteiger partial charge in [0.25, 0.3) is 0 Å². The van der Waals surface area contributed by atoms with Crippen molar-refractivity contribution in [2.24, 2.45) is 0 Å². The molecule has 0 unspecified atom stereocenters. The second-order valence-electron chi connectivity index (χ2n) is 5.32. The predicted octanol–water partition coefficient (Wildman–Crippen LogP) is 4.67. The van der Waals surface area contributed by atoms with Gasteiger partial charge in [0, 0.05) is 11.9 Å². The first-order valence-electron chi connectivity index (χ1n) is 7.12. The van der Waals surface area contributed by atoms with Gasteiger partial charge in [-0.3, -0.25) is 0 Å². The van der Waals surface area contributed by atoms with Crippen molar-refractivity contribution in [3.05, 3.63) is 71.5 Å². The van der Waals surface area contributed by atoms with E-state index in [0.717, 1.165) is 23.1 Å². The van der Waals surface area contributed by atoms with Crippen LogP contribution >= 0.6 is 0 Å². The molecule has 0 radical (unpaired) electrons. The summed E-state index contributed by atoms with van der Waals surface area (Å²) in [5.41, 5.74) is 4.70. The Morgan fingerprint density at radius 3 is 2.33 bits per heavy atom. The zero-order chi connectivity index (χ0) is 14.8. The van der Waals surface area contributed by atoms with E-state index in [1.54, 1.807) is 6.07 Å². The Hall–Kier alpha value is -2.19. The topological polar surface area (TPSA) is 12.0 Å². The van der Waals surface area contributed by atoms with Crippen LogP contribution in [0.25, 0.3) is 21.9 Å². The minimum Gasteiger partial charge on any atom is -0.316 e. The first-order valence-corrected chi connectivity index (χ1v) is 7.12. The van der Waals surface area contributed by atoms with Gasteiger partial charge in [-0.2, -0.15) is 0 Å². The highest BCUT2D eigenvalue weighted by Gasteiger charge is 2.09. The second-order valence-corrected chi connectivity index (χ2v) is 5.32. The maximum absolute atomic E-state index is 13.9. The monoisotopic (exact) mass is 279 g/mol. The van der Waals surface area contributed by atoms with Crippen LogP contribution in [0.4, 0.5) is 4.39 Å². The summed E-state index contributed by atoms with van der Waals surface area (Å²) in [6.45, 7) is 2.96. The Balaban J connectivity index is 2.19. The van der Waals surface area contributed by atoms with E-state index in [0.29, 0.717) is 5.39 Å². The van der Waals surface area contributed by atoms with E-state index >= 15 is 0 Å². The molecule has 0 aliphatic heterocycles. The van der Waals surface area contributed by atoms with E-state index in [4.69, 9.17) is 0 Å². The summed E-state index contributed by atoms with van der Waals surface area (Å²) in [6.07, 6.45) is 0. The fourth-order valence-electron chi connectivity index (χ4n) is 2.84. The maximum Gasteiger partial charge on any atom is 0.131 e. The average Bonchev–Trinajstić information content (AvgIpc) is 2.49. The highest BCUT2D eigenvalue weighted by atomic mass is 19.1. The van der Waals surface area contributed by atoms with Crippen LogP contribution in [-0.2, 0) is 6.54 Å². The van der Waals surface area contributed by atoms with Gasteiger partial charge < -0.3 is 5.32 Å². The zero-order valence-corrected chi connectivity index (χ0v) is 12.3. The van der Waals surface area contributed by atoms with E-state index < -0.39 is 0 Å². The molecule has 2 heteroatoms. The van der Waals surface area contributed by atoms with Gasteiger partial charge in [0.05, 0.1) is 0 Å². The number of benzene rings is 3. The molecular formula is C19H18FN. The molecular weight excluding hydrogens is 261 g/mol. The Morgan fingerprint density at radius 2 is 1.62 bits per heavy atom. The summed E-state index contributed by atoms with van der Waals surface area (Å²) in [5.74, 6) is -0.168. The van der Waals surface area contributed by atoms with Crippen molar-refractivity contribution in [3.63, 3.8) is 0 Å². The Labute approximate surface area is 124 Å². The van der Waals surface area contributed by atoms with E-state index in [-0.39, 0.29) is 5.82 Å². The van der Waals surface area contributed by atoms with E-state index in [9.17, 15) is 4.39 Å². The number of fused-ring (bicyclic) bond motifs is 1. The molecule has 0 atom stereocenters. The molecule has 0 aliphatic carbocycles. The fourth-order valence-corrected chi connectivity index (χ4v) is 2.84. The lowest BCUT2D eigenvalue weighted by molar-refractivity contribution is 0.640. The molecule has 21 heavy (non-hydrogen) atoms. The summed E-state index contributed by atoms with van der Waals surface area (Å²) in [6, 6.07) is 17.5. The second kappa shape index (κ2) is 5.66. The number of halogens is 1. The van der Waals surface area contributed by atoms with Crippen LogP contribution in [0.3, 0.4) is 0 Å². The summed E-state index contributed by atoms with van der Waals surface area (Å²) in [4.78, 5) is 0. The molecule has 0 aromatic heterocycles. The van der Waals surface area contributed by atoms with Gasteiger partial charge >= 0.3 is 0 Å². The van der Waals surface area contributed by atoms with Crippen molar-refractivity contribution in [1.29, 1.82) is 0 Å². The maximum atomic E-state index is 13.9. The molecule has 0 saturated carbocycles. The molecule has 3 rings (SSSR count). The number of hydrogen-bond acceptors (Lipinski definition) is 1. The molecule has 3 aromatic rings. The summed E-state index contributed by atoms with van der Waals surface area (Å²) in [7, 11) is 1.94. The van der Waals surface area contributed by atoms with Gasteiger partial charge in [0.15, 0.2) is 0 Å². The molecule has 3 aromatic carbocycles. The van der Waals surface area contributed by atoms with Gasteiger partial charge in [-0.1, -0.05) is 48.5 Å². The smallest absolute Gasteiger partial charge is 0.131 e. The molecule has 106 valence electrons. The van der Waals surface area contributed by atoms with Crippen molar-refractivity contribution in [2.45, 2.75) is 13.5 Å². The molecule has 0 spiro atoms. The Morgan fingerprint density at radius 1 is 0.905 bits per heavy atom. The van der Waals surface area contributed by atoms with Crippen molar-refractivity contribution >= 4 is 10.8 Å². The predicted molar refractivity (Wildman–Crippen MR) is 86.8 cm³/mol. The molecule has 1 N–H and O–H groups in total. The molecule has 0 fully saturated rings. The van der Waals surface area contributed by atoms with E-state index in [1.165, 1.54) is 11.1 Å². The highest BCUT2D eigenvalue weighted by Crippen LogP contribution is 2.32. The molecule has 0 heterocycles. The normalized spacial score (nSPS) is 11.0. The minimum absolute atomic E-state index is 0.168. The Bertz CT molecular complexity index is 793. The van der Waals surface area contributed by atoms with Crippen LogP contribution in [0.2, 0.25) is 0 Å². The van der Waals surface area contributed by atoms with Gasteiger partial charge in [-0.05, 0) is 47.7 Å². The SMILES string of the molecule is CNCc1ccc(-c2ccc(F)c3ccccc23)c(C)c1. The third-order valence-electron chi connectivity index (χ3n) is 3.83. The lowest BCUT2D eigenvalue weighted by Crippen LogP contribution is -2.05. The lowest BCUT2D eigenvalue weighted by Gasteiger charge is -2.12. The molecule has 1 nitrogen and oxygen atoms in total. The zero-order valence-electron chi connectivity index (χ0n) is 12.3. The van der Waals surface area contributed by atoms with Gasteiger partial charge in [0.1, 0.15) is 5.82 Å². The standard InChI is InChI=1S/C19H18FN/c1-13-11-14(12-21-2)7-8-15(13)17-9-10-19(20)18-6-4-3-5-16(17)18/h3-11,21H,12H2,1-2H3. The summed E-state index contributed by atoms with van der Waals surface area (Å²) >= 11 is 0. The van der Waals surface area contributed by atoms with Crippen molar-refractivity contribution in [2.75, 3.05) is 7.05 Å². The average molecular weight is 279 g/mol. The number of nitrogens with one attached hydrogen (secondary N) is 1. The number of rotatable bonds is 3. The molecule has 0 aliphatic rings. The van der Waals surface area contributed by atoms with Gasteiger partial charge in [-0.25, -0.2) is 4.39 Å². The molecule has 0 saturated heterocycles. The quantitative estimate of drug-likeness (QED) is 0.734. The van der Waals surface area contributed by atoms with Crippen LogP contribution in [0, 0.1) is 12.7 Å². The highest BCUT2D eigenvalue weighted by molar-refractivity contribution is 5.97. The van der Waals surface area contributed by atoms with E-state index in [1.807, 2.05) is 37.4 Å². The largest absolute Gasteiger partial charge is 0.316 e. The third kappa shape index (κ3) is 2.55. The first-order chi connectivity index (χ1) is 10.2. The van der Waals surface area contributed by atoms with Crippen molar-refractivity contribution in [1.82, 2.24) is 5.32 Å². The van der Waals surface area contributed by atoms with Crippen LogP contribution < -0.4 is 5.32 Å². The van der Waals surface area contributed by atoms with Gasteiger partial charge in [-0.15, -0.1) is 0 Å². The number of hydrogen-bond donors (Lipinski definition) is 1. The van der Waals surface area contributed by atoms with Gasteiger partial charge in [0.2, 0.25) is 0 Å². The summed E-state index contributed by atoms with van der Waals surface area (Å²) < 4.78 is 13.9. The fraction of sp³-hybridized carbons (Fsp3) is 0.158.